The van der Waals surface area contributed by atoms with Crippen molar-refractivity contribution in [1.29, 1.82) is 5.41 Å². The number of rotatable bonds is 32. The molecule has 35 heteroatoms. The number of nitrogens with two attached hydrogens (primary N) is 2. The zero-order valence-electron chi connectivity index (χ0n) is 41.5. The van der Waals surface area contributed by atoms with Gasteiger partial charge < -0.3 is 73.8 Å². The number of carboxylic acids is 4. The van der Waals surface area contributed by atoms with Gasteiger partial charge in [0.15, 0.2) is 17.1 Å². The van der Waals surface area contributed by atoms with Crippen LogP contribution in [0.25, 0.3) is 11.2 Å². The number of carboxylic acid groups (broad SMARTS) is 4. The third kappa shape index (κ3) is 22.8. The van der Waals surface area contributed by atoms with Crippen LogP contribution in [-0.4, -0.2) is 167 Å². The van der Waals surface area contributed by atoms with Gasteiger partial charge in [0.25, 0.3) is 11.5 Å². The molecule has 0 aliphatic rings. The van der Waals surface area contributed by atoms with E-state index in [2.05, 4.69) is 62.6 Å². The topological polar surface area (TPSA) is 534 Å². The number of fused-ring (bicyclic) bond motifs is 1. The summed E-state index contributed by atoms with van der Waals surface area (Å²) in [5, 5.41) is 62.7. The summed E-state index contributed by atoms with van der Waals surface area (Å²) in [5.74, 6) is -13.7. The molecule has 78 heavy (non-hydrogen) atoms. The molecule has 33 nitrogen and oxygen atoms in total. The molecule has 2 heterocycles. The van der Waals surface area contributed by atoms with Gasteiger partial charge in [-0.2, -0.15) is 4.98 Å². The lowest BCUT2D eigenvalue weighted by molar-refractivity contribution is -0.143. The maximum absolute atomic E-state index is 13.7. The highest BCUT2D eigenvalue weighted by molar-refractivity contribution is 8.76. The second-order valence-electron chi connectivity index (χ2n) is 16.7. The van der Waals surface area contributed by atoms with E-state index < -0.39 is 139 Å². The first kappa shape index (κ1) is 63.3. The van der Waals surface area contributed by atoms with Gasteiger partial charge in [-0.25, -0.2) is 29.8 Å². The maximum Gasteiger partial charge on any atom is 0.426 e. The average Bonchev–Trinajstić information content (AvgIpc) is 3.36. The summed E-state index contributed by atoms with van der Waals surface area (Å²) < 4.78 is 4.89. The Labute approximate surface area is 449 Å². The van der Waals surface area contributed by atoms with Gasteiger partial charge in [0, 0.05) is 41.6 Å². The number of amides is 7. The summed E-state index contributed by atoms with van der Waals surface area (Å²) >= 11 is 0. The monoisotopic (exact) mass is 1130 g/mol. The number of ether oxygens (including phenoxy) is 1. The Morgan fingerprint density at radius 1 is 0.744 bits per heavy atom. The second-order valence-corrected chi connectivity index (χ2v) is 19.3. The highest BCUT2D eigenvalue weighted by Crippen LogP contribution is 2.22. The molecular formula is C43H58N16O17S2. The number of aromatic nitrogens is 4. The standard InChI is InChI=1S/C43H58N16O17S2/c1-19(2)33(65)58-59-43(75)76-12-13-77-78-18-27(40(73)74)55-37(69)26(15-30(63)64)54-35(67)23(4-3-11-47-41(44)45)52-36(68)25(14-29(61)62)51-28(60)10-9-24(39(71)72)53-34(66)20-5-7-21(8-6-20)48-16-22-17-49-32-31(50-22)38(70)57-42(46)56-32/h5-8,17,19,23-27,48H,3-4,9-16,18H2,1-2H3,(H,51,60)(H,52,68)(H,53,66)(H,54,67)(H,55,69)(H,58,65)(H,59,75)(H,61,62)(H,63,64)(H,71,72)(H,73,74)(H4,44,45,47)(H3,46,49,56,57,70)/t23-,24-,25-,26-,27-/m0/s1. The van der Waals surface area contributed by atoms with Crippen molar-refractivity contribution in [3.63, 3.8) is 0 Å². The lowest BCUT2D eigenvalue weighted by Crippen LogP contribution is -2.58. The van der Waals surface area contributed by atoms with Crippen molar-refractivity contribution in [3.8, 4) is 0 Å². The summed E-state index contributed by atoms with van der Waals surface area (Å²) in [6.45, 7) is 3.04. The van der Waals surface area contributed by atoms with Crippen molar-refractivity contribution >= 4 is 116 Å². The van der Waals surface area contributed by atoms with Crippen LogP contribution in [0.2, 0.25) is 0 Å². The number of carbonyl (C=O) groups is 11. The summed E-state index contributed by atoms with van der Waals surface area (Å²) in [4.78, 5) is 165. The molecule has 1 aromatic carbocycles. The molecule has 424 valence electrons. The van der Waals surface area contributed by atoms with Crippen LogP contribution in [0.4, 0.5) is 16.4 Å². The molecule has 0 fully saturated rings. The van der Waals surface area contributed by atoms with Gasteiger partial charge in [0.1, 0.15) is 36.8 Å². The van der Waals surface area contributed by atoms with Crippen LogP contribution in [0.3, 0.4) is 0 Å². The first-order valence-electron chi connectivity index (χ1n) is 23.1. The largest absolute Gasteiger partial charge is 0.481 e. The second kappa shape index (κ2) is 31.8. The summed E-state index contributed by atoms with van der Waals surface area (Å²) in [7, 11) is 1.95. The van der Waals surface area contributed by atoms with Crippen LogP contribution in [0.5, 0.6) is 0 Å². The highest BCUT2D eigenvalue weighted by Gasteiger charge is 2.33. The van der Waals surface area contributed by atoms with Crippen LogP contribution >= 0.6 is 21.6 Å². The third-order valence-electron chi connectivity index (χ3n) is 10.2. The summed E-state index contributed by atoms with van der Waals surface area (Å²) in [6.07, 6.45) is -3.40. The van der Waals surface area contributed by atoms with Crippen LogP contribution in [0, 0.1) is 11.3 Å². The van der Waals surface area contributed by atoms with Crippen molar-refractivity contribution in [1.82, 2.24) is 62.7 Å². The molecular weight excluding hydrogens is 1080 g/mol. The number of carbonyl (C=O) groups excluding carboxylic acids is 7. The first-order valence-corrected chi connectivity index (χ1v) is 25.6. The minimum absolute atomic E-state index is 0.00939. The Balaban J connectivity index is 1.63. The zero-order chi connectivity index (χ0) is 58.1. The van der Waals surface area contributed by atoms with Crippen molar-refractivity contribution in [2.45, 2.75) is 89.1 Å². The Morgan fingerprint density at radius 3 is 1.95 bits per heavy atom. The van der Waals surface area contributed by atoms with Crippen molar-refractivity contribution in [2.24, 2.45) is 11.7 Å². The van der Waals surface area contributed by atoms with Crippen molar-refractivity contribution < 1.29 is 77.9 Å². The van der Waals surface area contributed by atoms with Gasteiger partial charge in [-0.1, -0.05) is 35.4 Å². The number of nitrogens with zero attached hydrogens (tertiary/aromatic N) is 3. The number of guanidine groups is 1. The molecule has 0 aliphatic carbocycles. The number of nitrogens with one attached hydrogen (secondary N) is 11. The van der Waals surface area contributed by atoms with Gasteiger partial charge >= 0.3 is 30.0 Å². The number of hydrogen-bond donors (Lipinski definition) is 17. The molecule has 0 spiro atoms. The Hall–Kier alpha value is -9.02. The number of nitrogen functional groups attached to an aromatic ring is 1. The number of H-pyrrole nitrogens is 1. The number of anilines is 2. The molecule has 5 atom stereocenters. The first-order chi connectivity index (χ1) is 36.8. The SMILES string of the molecule is CC(C)C(=O)NNC(=O)OCCSSC[C@H](NC(=O)[C@H](CC(=O)O)NC(=O)[C@H](CCCNC(=N)N)NC(=O)[C@H](CC(=O)O)NC(=O)CC[C@H](NC(=O)c1ccc(NCc2cnc3nc(N)[nH]c(=O)c3n2)cc1)C(=O)O)C(=O)O. The number of benzene rings is 1. The lowest BCUT2D eigenvalue weighted by Gasteiger charge is -2.25. The lowest BCUT2D eigenvalue weighted by atomic mass is 10.1. The van der Waals surface area contributed by atoms with E-state index in [0.29, 0.717) is 11.4 Å². The molecule has 3 rings (SSSR count). The van der Waals surface area contributed by atoms with Crippen LogP contribution in [0.1, 0.15) is 68.4 Å². The number of hydrogen-bond acceptors (Lipinski definition) is 21. The Bertz CT molecular complexity index is 2750. The van der Waals surface area contributed by atoms with E-state index >= 15 is 0 Å². The smallest absolute Gasteiger partial charge is 0.426 e. The summed E-state index contributed by atoms with van der Waals surface area (Å²) in [5.41, 5.74) is 15.3. The normalized spacial score (nSPS) is 12.7. The minimum Gasteiger partial charge on any atom is -0.481 e. The minimum atomic E-state index is -1.96. The Kier molecular flexibility index (Phi) is 25.8. The molecule has 0 bridgehead atoms. The molecule has 0 aliphatic heterocycles. The zero-order valence-corrected chi connectivity index (χ0v) is 43.2. The molecule has 19 N–H and O–H groups in total. The molecule has 0 saturated heterocycles. The van der Waals surface area contributed by atoms with E-state index in [4.69, 9.17) is 21.6 Å². The average molecular weight is 1140 g/mol. The van der Waals surface area contributed by atoms with Gasteiger partial charge in [-0.3, -0.25) is 59.0 Å². The fourth-order valence-corrected chi connectivity index (χ4v) is 8.21. The van der Waals surface area contributed by atoms with E-state index in [1.165, 1.54) is 30.5 Å². The highest BCUT2D eigenvalue weighted by atomic mass is 33.1. The molecule has 0 unspecified atom stereocenters. The maximum atomic E-state index is 13.7. The van der Waals surface area contributed by atoms with Crippen LogP contribution in [0.15, 0.2) is 35.3 Å². The Morgan fingerprint density at radius 2 is 1.35 bits per heavy atom. The van der Waals surface area contributed by atoms with E-state index in [1.807, 2.05) is 5.43 Å². The van der Waals surface area contributed by atoms with Gasteiger partial charge in [-0.05, 0) is 43.5 Å². The third-order valence-corrected chi connectivity index (χ3v) is 12.6. The van der Waals surface area contributed by atoms with Crippen LogP contribution < -0.4 is 65.1 Å². The molecule has 0 radical (unpaired) electrons. The van der Waals surface area contributed by atoms with E-state index in [1.54, 1.807) is 13.8 Å². The van der Waals surface area contributed by atoms with E-state index in [-0.39, 0.29) is 66.7 Å². The predicted octanol–water partition coefficient (Wildman–Crippen LogP) is -3.10. The predicted molar refractivity (Wildman–Crippen MR) is 276 cm³/mol. The quantitative estimate of drug-likeness (QED) is 0.00968. The fraction of sp³-hybridized carbons (Fsp3) is 0.442. The summed E-state index contributed by atoms with van der Waals surface area (Å²) in [6, 6.07) is -3.23. The van der Waals surface area contributed by atoms with Gasteiger partial charge in [-0.15, -0.1) is 0 Å². The number of aliphatic carboxylic acids is 4. The van der Waals surface area contributed by atoms with E-state index in [9.17, 15) is 78.0 Å². The number of aromatic amines is 1. The van der Waals surface area contributed by atoms with E-state index in [0.717, 1.165) is 21.6 Å². The molecule has 7 amide bonds. The van der Waals surface area contributed by atoms with Crippen LogP contribution in [-0.2, 0) is 54.4 Å². The molecule has 2 aromatic heterocycles. The molecule has 0 saturated carbocycles. The van der Waals surface area contributed by atoms with Gasteiger partial charge in [0.2, 0.25) is 35.5 Å². The van der Waals surface area contributed by atoms with Crippen molar-refractivity contribution in [2.75, 3.05) is 35.7 Å². The van der Waals surface area contributed by atoms with Gasteiger partial charge in [0.05, 0.1) is 31.3 Å². The fourth-order valence-electron chi connectivity index (χ4n) is 6.22. The number of hydrazine groups is 1. The van der Waals surface area contributed by atoms with Crippen molar-refractivity contribution in [3.05, 3.63) is 52.1 Å². The molecule has 3 aromatic rings.